The SMILES string of the molecule is Cc1ccc(S(=O)(=O)n2c(C(=O)O)cc3cc(Br)c(C(F)(F)F)cc32)cc1. The third kappa shape index (κ3) is 3.34. The second kappa shape index (κ2) is 6.38. The highest BCUT2D eigenvalue weighted by molar-refractivity contribution is 9.10. The summed E-state index contributed by atoms with van der Waals surface area (Å²) in [6.45, 7) is 1.73. The van der Waals surface area contributed by atoms with Gasteiger partial charge < -0.3 is 5.11 Å². The average Bonchev–Trinajstić information content (AvgIpc) is 2.92. The Kier molecular flexibility index (Phi) is 4.59. The summed E-state index contributed by atoms with van der Waals surface area (Å²) < 4.78 is 65.8. The Labute approximate surface area is 160 Å². The molecule has 0 atom stereocenters. The fraction of sp³-hybridized carbons (Fsp3) is 0.118. The van der Waals surface area contributed by atoms with Crippen molar-refractivity contribution >= 4 is 42.8 Å². The lowest BCUT2D eigenvalue weighted by Gasteiger charge is -2.13. The monoisotopic (exact) mass is 461 g/mol. The number of fused-ring (bicyclic) bond motifs is 1. The van der Waals surface area contributed by atoms with Crippen molar-refractivity contribution in [2.75, 3.05) is 0 Å². The molecule has 5 nitrogen and oxygen atoms in total. The number of carbonyl (C=O) groups is 1. The van der Waals surface area contributed by atoms with Gasteiger partial charge in [0.25, 0.3) is 10.0 Å². The lowest BCUT2D eigenvalue weighted by Crippen LogP contribution is -2.18. The van der Waals surface area contributed by atoms with Crippen LogP contribution < -0.4 is 0 Å². The number of alkyl halides is 3. The molecule has 1 aromatic heterocycles. The first kappa shape index (κ1) is 19.4. The van der Waals surface area contributed by atoms with Crippen molar-refractivity contribution in [2.45, 2.75) is 18.0 Å². The predicted octanol–water partition coefficient (Wildman–Crippen LogP) is 4.67. The van der Waals surface area contributed by atoms with E-state index in [1.165, 1.54) is 24.3 Å². The van der Waals surface area contributed by atoms with Crippen molar-refractivity contribution < 1.29 is 31.5 Å². The average molecular weight is 462 g/mol. The van der Waals surface area contributed by atoms with Crippen molar-refractivity contribution in [3.8, 4) is 0 Å². The molecule has 0 spiro atoms. The Morgan fingerprint density at radius 2 is 1.70 bits per heavy atom. The Bertz CT molecular complexity index is 1170. The Hall–Kier alpha value is -2.33. The number of benzene rings is 2. The van der Waals surface area contributed by atoms with Crippen LogP contribution in [0, 0.1) is 6.92 Å². The first-order chi connectivity index (χ1) is 12.4. The molecular formula is C17H11BrF3NO4S. The topological polar surface area (TPSA) is 76.4 Å². The van der Waals surface area contributed by atoms with Gasteiger partial charge in [-0.3, -0.25) is 0 Å². The molecule has 10 heteroatoms. The third-order valence-corrected chi connectivity index (χ3v) is 6.33. The summed E-state index contributed by atoms with van der Waals surface area (Å²) in [6, 6.07) is 8.25. The summed E-state index contributed by atoms with van der Waals surface area (Å²) in [5, 5.41) is 9.44. The molecule has 142 valence electrons. The molecule has 0 aliphatic rings. The molecular weight excluding hydrogens is 451 g/mol. The number of aryl methyl sites for hydroxylation is 1. The number of rotatable bonds is 3. The van der Waals surface area contributed by atoms with Crippen LogP contribution in [0.4, 0.5) is 13.2 Å². The number of carboxylic acids is 1. The molecule has 0 aliphatic carbocycles. The smallest absolute Gasteiger partial charge is 0.417 e. The van der Waals surface area contributed by atoms with Crippen LogP contribution in [0.25, 0.3) is 10.9 Å². The maximum absolute atomic E-state index is 13.2. The van der Waals surface area contributed by atoms with Gasteiger partial charge >= 0.3 is 12.1 Å². The van der Waals surface area contributed by atoms with E-state index in [0.29, 0.717) is 10.0 Å². The van der Waals surface area contributed by atoms with Gasteiger partial charge in [0.15, 0.2) is 0 Å². The Morgan fingerprint density at radius 1 is 1.11 bits per heavy atom. The minimum atomic E-state index is -4.75. The normalized spacial score (nSPS) is 12.5. The van der Waals surface area contributed by atoms with E-state index in [0.717, 1.165) is 17.7 Å². The number of carboxylic acid groups (broad SMARTS) is 1. The maximum atomic E-state index is 13.2. The van der Waals surface area contributed by atoms with Crippen LogP contribution >= 0.6 is 15.9 Å². The zero-order valence-corrected chi connectivity index (χ0v) is 16.0. The fourth-order valence-electron chi connectivity index (χ4n) is 2.64. The maximum Gasteiger partial charge on any atom is 0.417 e. The van der Waals surface area contributed by atoms with Crippen LogP contribution in [0.2, 0.25) is 0 Å². The predicted molar refractivity (Wildman–Crippen MR) is 95.4 cm³/mol. The van der Waals surface area contributed by atoms with Crippen LogP contribution in [-0.2, 0) is 16.2 Å². The molecule has 0 unspecified atom stereocenters. The largest absolute Gasteiger partial charge is 0.477 e. The number of hydrogen-bond donors (Lipinski definition) is 1. The first-order valence-corrected chi connectivity index (χ1v) is 9.64. The van der Waals surface area contributed by atoms with E-state index in [4.69, 9.17) is 0 Å². The second-order valence-electron chi connectivity index (χ2n) is 5.81. The molecule has 1 heterocycles. The second-order valence-corrected chi connectivity index (χ2v) is 8.45. The molecule has 0 aliphatic heterocycles. The highest BCUT2D eigenvalue weighted by Crippen LogP contribution is 2.39. The van der Waals surface area contributed by atoms with Gasteiger partial charge in [-0.05, 0) is 37.3 Å². The molecule has 0 bridgehead atoms. The summed E-state index contributed by atoms with van der Waals surface area (Å²) in [5.41, 5.74) is -1.36. The van der Waals surface area contributed by atoms with Crippen LogP contribution in [-0.4, -0.2) is 23.5 Å². The fourth-order valence-corrected chi connectivity index (χ4v) is 4.73. The van der Waals surface area contributed by atoms with Gasteiger partial charge in [0.2, 0.25) is 0 Å². The van der Waals surface area contributed by atoms with E-state index in [9.17, 15) is 31.5 Å². The molecule has 3 aromatic rings. The van der Waals surface area contributed by atoms with E-state index in [1.54, 1.807) is 6.92 Å². The van der Waals surface area contributed by atoms with Crippen LogP contribution in [0.5, 0.6) is 0 Å². The molecule has 0 radical (unpaired) electrons. The van der Waals surface area contributed by atoms with E-state index in [-0.39, 0.29) is 20.3 Å². The number of aromatic nitrogens is 1. The zero-order valence-electron chi connectivity index (χ0n) is 13.6. The summed E-state index contributed by atoms with van der Waals surface area (Å²) in [6.07, 6.45) is -4.75. The summed E-state index contributed by atoms with van der Waals surface area (Å²) in [7, 11) is -4.44. The van der Waals surface area contributed by atoms with Gasteiger partial charge in [-0.25, -0.2) is 17.2 Å². The van der Waals surface area contributed by atoms with Crippen molar-refractivity contribution in [3.05, 3.63) is 63.8 Å². The molecule has 0 amide bonds. The number of hydrogen-bond acceptors (Lipinski definition) is 3. The number of halogens is 4. The first-order valence-electron chi connectivity index (χ1n) is 7.40. The van der Waals surface area contributed by atoms with E-state index in [2.05, 4.69) is 15.9 Å². The van der Waals surface area contributed by atoms with Gasteiger partial charge in [0.05, 0.1) is 16.0 Å². The molecule has 1 N–H and O–H groups in total. The molecule has 0 fully saturated rings. The summed E-state index contributed by atoms with van der Waals surface area (Å²) in [5.74, 6) is -1.58. The van der Waals surface area contributed by atoms with Gasteiger partial charge in [0.1, 0.15) is 5.69 Å². The molecule has 27 heavy (non-hydrogen) atoms. The van der Waals surface area contributed by atoms with Crippen molar-refractivity contribution in [3.63, 3.8) is 0 Å². The Balaban J connectivity index is 2.41. The lowest BCUT2D eigenvalue weighted by atomic mass is 10.1. The highest BCUT2D eigenvalue weighted by atomic mass is 79.9. The van der Waals surface area contributed by atoms with Crippen LogP contribution in [0.1, 0.15) is 21.6 Å². The number of aromatic carboxylic acids is 1. The minimum Gasteiger partial charge on any atom is -0.477 e. The van der Waals surface area contributed by atoms with Crippen LogP contribution in [0.15, 0.2) is 51.8 Å². The lowest BCUT2D eigenvalue weighted by molar-refractivity contribution is -0.138. The third-order valence-electron chi connectivity index (χ3n) is 3.93. The van der Waals surface area contributed by atoms with Gasteiger partial charge in [-0.15, -0.1) is 0 Å². The van der Waals surface area contributed by atoms with Gasteiger partial charge in [0, 0.05) is 9.86 Å². The summed E-state index contributed by atoms with van der Waals surface area (Å²) in [4.78, 5) is 11.3. The highest BCUT2D eigenvalue weighted by Gasteiger charge is 2.35. The van der Waals surface area contributed by atoms with E-state index < -0.39 is 33.4 Å². The standard InChI is InChI=1S/C17H11BrF3NO4S/c1-9-2-4-11(5-3-9)27(25,26)22-14-8-12(17(19,20)21)13(18)6-10(14)7-15(22)16(23)24/h2-8H,1H3,(H,23,24). The molecule has 2 aromatic carbocycles. The van der Waals surface area contributed by atoms with E-state index in [1.807, 2.05) is 0 Å². The number of nitrogens with zero attached hydrogens (tertiary/aromatic N) is 1. The molecule has 0 saturated carbocycles. The van der Waals surface area contributed by atoms with Crippen molar-refractivity contribution in [2.24, 2.45) is 0 Å². The zero-order chi connectivity index (χ0) is 20.1. The molecule has 0 saturated heterocycles. The Morgan fingerprint density at radius 3 is 2.22 bits per heavy atom. The van der Waals surface area contributed by atoms with Gasteiger partial charge in [-0.2, -0.15) is 13.2 Å². The van der Waals surface area contributed by atoms with E-state index >= 15 is 0 Å². The van der Waals surface area contributed by atoms with Crippen molar-refractivity contribution in [1.29, 1.82) is 0 Å². The van der Waals surface area contributed by atoms with Crippen LogP contribution in [0.3, 0.4) is 0 Å². The van der Waals surface area contributed by atoms with Crippen molar-refractivity contribution in [1.82, 2.24) is 3.97 Å². The minimum absolute atomic E-state index is 0.0444. The van der Waals surface area contributed by atoms with Gasteiger partial charge in [-0.1, -0.05) is 33.6 Å². The quantitative estimate of drug-likeness (QED) is 0.614. The summed E-state index contributed by atoms with van der Waals surface area (Å²) >= 11 is 2.80. The molecule has 3 rings (SSSR count).